The van der Waals surface area contributed by atoms with Crippen LogP contribution in [0, 0.1) is 12.7 Å². The SMILES string of the molecule is Cc1cc(=O)n2nc(CSc3nnc(-c4ccccc4F)n3C)sc2n1. The van der Waals surface area contributed by atoms with E-state index in [1.54, 1.807) is 36.7 Å². The van der Waals surface area contributed by atoms with Gasteiger partial charge in [0.15, 0.2) is 11.0 Å². The van der Waals surface area contributed by atoms with Crippen molar-refractivity contribution in [2.45, 2.75) is 17.8 Å². The number of halogens is 1. The predicted octanol–water partition coefficient (Wildman–Crippen LogP) is 2.69. The molecule has 0 aliphatic heterocycles. The molecule has 0 radical (unpaired) electrons. The lowest BCUT2D eigenvalue weighted by molar-refractivity contribution is 0.628. The molecule has 0 saturated heterocycles. The first-order chi connectivity index (χ1) is 12.5. The molecule has 0 fully saturated rings. The van der Waals surface area contributed by atoms with Crippen molar-refractivity contribution in [3.63, 3.8) is 0 Å². The first-order valence-corrected chi connectivity index (χ1v) is 9.46. The Kier molecular flexibility index (Phi) is 4.29. The summed E-state index contributed by atoms with van der Waals surface area (Å²) < 4.78 is 17.0. The van der Waals surface area contributed by atoms with Gasteiger partial charge in [-0.05, 0) is 19.1 Å². The predicted molar refractivity (Wildman–Crippen MR) is 97.8 cm³/mol. The summed E-state index contributed by atoms with van der Waals surface area (Å²) in [6.07, 6.45) is 0. The van der Waals surface area contributed by atoms with E-state index in [1.165, 1.54) is 39.7 Å². The van der Waals surface area contributed by atoms with E-state index in [-0.39, 0.29) is 11.4 Å². The van der Waals surface area contributed by atoms with Crippen LogP contribution in [0.15, 0.2) is 40.3 Å². The number of benzene rings is 1. The van der Waals surface area contributed by atoms with Gasteiger partial charge < -0.3 is 4.57 Å². The average molecular weight is 388 g/mol. The van der Waals surface area contributed by atoms with Gasteiger partial charge in [-0.3, -0.25) is 4.79 Å². The Balaban J connectivity index is 1.59. The Morgan fingerprint density at radius 2 is 2.08 bits per heavy atom. The topological polar surface area (TPSA) is 78.0 Å². The van der Waals surface area contributed by atoms with Gasteiger partial charge in [0.2, 0.25) is 4.96 Å². The van der Waals surface area contributed by atoms with Crippen LogP contribution in [0.4, 0.5) is 4.39 Å². The zero-order valence-corrected chi connectivity index (χ0v) is 15.5. The molecule has 3 aromatic heterocycles. The third-order valence-electron chi connectivity index (χ3n) is 3.69. The molecule has 3 heterocycles. The van der Waals surface area contributed by atoms with Gasteiger partial charge in [0.1, 0.15) is 10.8 Å². The van der Waals surface area contributed by atoms with E-state index in [0.717, 1.165) is 5.01 Å². The lowest BCUT2D eigenvalue weighted by Crippen LogP contribution is -2.14. The number of hydrogen-bond donors (Lipinski definition) is 0. The molecule has 0 aliphatic rings. The molecule has 10 heteroatoms. The molecule has 4 aromatic rings. The summed E-state index contributed by atoms with van der Waals surface area (Å²) in [5, 5.41) is 13.9. The quantitative estimate of drug-likeness (QED) is 0.500. The van der Waals surface area contributed by atoms with Crippen LogP contribution in [0.5, 0.6) is 0 Å². The van der Waals surface area contributed by atoms with E-state index in [0.29, 0.717) is 33.0 Å². The maximum Gasteiger partial charge on any atom is 0.275 e. The summed E-state index contributed by atoms with van der Waals surface area (Å²) in [6, 6.07) is 7.91. The second-order valence-corrected chi connectivity index (χ2v) is 7.54. The van der Waals surface area contributed by atoms with Gasteiger partial charge >= 0.3 is 0 Å². The summed E-state index contributed by atoms with van der Waals surface area (Å²) >= 11 is 2.78. The van der Waals surface area contributed by atoms with Crippen LogP contribution >= 0.6 is 23.1 Å². The largest absolute Gasteiger partial charge is 0.305 e. The van der Waals surface area contributed by atoms with Crippen LogP contribution in [-0.4, -0.2) is 29.4 Å². The molecule has 7 nitrogen and oxygen atoms in total. The monoisotopic (exact) mass is 388 g/mol. The van der Waals surface area contributed by atoms with E-state index in [4.69, 9.17) is 0 Å². The van der Waals surface area contributed by atoms with Gasteiger partial charge in [0, 0.05) is 18.8 Å². The van der Waals surface area contributed by atoms with Crippen molar-refractivity contribution in [1.82, 2.24) is 29.4 Å². The highest BCUT2D eigenvalue weighted by atomic mass is 32.2. The van der Waals surface area contributed by atoms with E-state index in [1.807, 2.05) is 0 Å². The van der Waals surface area contributed by atoms with Gasteiger partial charge in [0.25, 0.3) is 5.56 Å². The van der Waals surface area contributed by atoms with Crippen LogP contribution in [0.1, 0.15) is 10.7 Å². The normalized spacial score (nSPS) is 11.3. The number of nitrogens with zero attached hydrogens (tertiary/aromatic N) is 6. The van der Waals surface area contributed by atoms with Crippen LogP contribution < -0.4 is 5.56 Å². The summed E-state index contributed by atoms with van der Waals surface area (Å²) in [5.41, 5.74) is 0.877. The lowest BCUT2D eigenvalue weighted by atomic mass is 10.2. The summed E-state index contributed by atoms with van der Waals surface area (Å²) in [7, 11) is 1.79. The molecule has 0 N–H and O–H groups in total. The van der Waals surface area contributed by atoms with Gasteiger partial charge in [-0.2, -0.15) is 9.61 Å². The van der Waals surface area contributed by atoms with Gasteiger partial charge in [-0.15, -0.1) is 10.2 Å². The number of hydrogen-bond acceptors (Lipinski definition) is 7. The maximum absolute atomic E-state index is 14.0. The van der Waals surface area contributed by atoms with Crippen molar-refractivity contribution in [3.05, 3.63) is 57.2 Å². The second kappa shape index (κ2) is 6.61. The fourth-order valence-corrected chi connectivity index (χ4v) is 4.30. The first-order valence-electron chi connectivity index (χ1n) is 7.66. The molecule has 4 rings (SSSR count). The third-order valence-corrected chi connectivity index (χ3v) is 5.81. The van der Waals surface area contributed by atoms with Crippen LogP contribution in [0.3, 0.4) is 0 Å². The minimum absolute atomic E-state index is 0.194. The minimum atomic E-state index is -0.341. The fourth-order valence-electron chi connectivity index (χ4n) is 2.46. The Hall–Kier alpha value is -2.59. The molecular weight excluding hydrogens is 375 g/mol. The van der Waals surface area contributed by atoms with Crippen LogP contribution in [0.25, 0.3) is 16.3 Å². The lowest BCUT2D eigenvalue weighted by Gasteiger charge is -2.03. The van der Waals surface area contributed by atoms with E-state index in [2.05, 4.69) is 20.3 Å². The Bertz CT molecular complexity index is 1170. The van der Waals surface area contributed by atoms with Gasteiger partial charge in [-0.25, -0.2) is 9.37 Å². The van der Waals surface area contributed by atoms with Crippen molar-refractivity contribution in [3.8, 4) is 11.4 Å². The molecule has 0 spiro atoms. The standard InChI is InChI=1S/C16H13FN6OS2/c1-9-7-13(24)23-15(18-9)26-12(21-23)8-25-16-20-19-14(22(16)2)10-5-3-4-6-11(10)17/h3-7H,8H2,1-2H3. The van der Waals surface area contributed by atoms with E-state index < -0.39 is 0 Å². The van der Waals surface area contributed by atoms with Gasteiger partial charge in [-0.1, -0.05) is 35.2 Å². The zero-order chi connectivity index (χ0) is 18.3. The fraction of sp³-hybridized carbons (Fsp3) is 0.188. The molecule has 1 aromatic carbocycles. The molecule has 0 atom stereocenters. The highest BCUT2D eigenvalue weighted by molar-refractivity contribution is 7.98. The second-order valence-electron chi connectivity index (χ2n) is 5.56. The van der Waals surface area contributed by atoms with E-state index in [9.17, 15) is 9.18 Å². The number of fused-ring (bicyclic) bond motifs is 1. The van der Waals surface area contributed by atoms with Crippen molar-refractivity contribution in [1.29, 1.82) is 0 Å². The summed E-state index contributed by atoms with van der Waals surface area (Å²) in [5.74, 6) is 0.630. The van der Waals surface area contributed by atoms with Crippen molar-refractivity contribution < 1.29 is 4.39 Å². The molecule has 0 aliphatic carbocycles. The third kappa shape index (κ3) is 3.01. The zero-order valence-electron chi connectivity index (χ0n) is 13.9. The van der Waals surface area contributed by atoms with Crippen LogP contribution in [-0.2, 0) is 12.8 Å². The van der Waals surface area contributed by atoms with Crippen molar-refractivity contribution in [2.75, 3.05) is 0 Å². The Morgan fingerprint density at radius 1 is 1.27 bits per heavy atom. The molecule has 0 bridgehead atoms. The molecule has 132 valence electrons. The molecule has 26 heavy (non-hydrogen) atoms. The van der Waals surface area contributed by atoms with Crippen molar-refractivity contribution in [2.24, 2.45) is 7.05 Å². The maximum atomic E-state index is 14.0. The number of thioether (sulfide) groups is 1. The van der Waals surface area contributed by atoms with Crippen molar-refractivity contribution >= 4 is 28.1 Å². The summed E-state index contributed by atoms with van der Waals surface area (Å²) in [6.45, 7) is 1.78. The highest BCUT2D eigenvalue weighted by Gasteiger charge is 2.15. The smallest absolute Gasteiger partial charge is 0.275 e. The van der Waals surface area contributed by atoms with E-state index >= 15 is 0 Å². The van der Waals surface area contributed by atoms with Crippen LogP contribution in [0.2, 0.25) is 0 Å². The summed E-state index contributed by atoms with van der Waals surface area (Å²) in [4.78, 5) is 16.8. The first kappa shape index (κ1) is 16.9. The number of aromatic nitrogens is 6. The average Bonchev–Trinajstić information content (AvgIpc) is 3.17. The molecular formula is C16H13FN6OS2. The molecule has 0 amide bonds. The Labute approximate surface area is 155 Å². The Morgan fingerprint density at radius 3 is 2.88 bits per heavy atom. The number of rotatable bonds is 4. The minimum Gasteiger partial charge on any atom is -0.305 e. The molecule has 0 saturated carbocycles. The molecule has 0 unspecified atom stereocenters. The van der Waals surface area contributed by atoms with Gasteiger partial charge in [0.05, 0.1) is 11.3 Å². The highest BCUT2D eigenvalue weighted by Crippen LogP contribution is 2.27. The number of aryl methyl sites for hydroxylation is 1.